The van der Waals surface area contributed by atoms with Crippen LogP contribution in [0.1, 0.15) is 181 Å². The number of carbonyl (C=O) groups is 6. The van der Waals surface area contributed by atoms with E-state index in [4.69, 9.17) is 9.47 Å². The molecule has 0 aromatic heterocycles. The highest BCUT2D eigenvalue weighted by Crippen LogP contribution is 2.42. The second-order valence-corrected chi connectivity index (χ2v) is 22.6. The van der Waals surface area contributed by atoms with Crippen molar-refractivity contribution >= 4 is 116 Å². The van der Waals surface area contributed by atoms with Crippen molar-refractivity contribution in [2.45, 2.75) is 119 Å². The first-order valence-electron chi connectivity index (χ1n) is 27.0. The van der Waals surface area contributed by atoms with Crippen LogP contribution < -0.4 is 9.47 Å². The van der Waals surface area contributed by atoms with E-state index in [2.05, 4.69) is 89.3 Å². The van der Waals surface area contributed by atoms with Crippen molar-refractivity contribution in [2.75, 3.05) is 33.9 Å². The van der Waals surface area contributed by atoms with Gasteiger partial charge in [-0.15, -0.1) is 0 Å². The molecule has 0 N–H and O–H groups in total. The van der Waals surface area contributed by atoms with Crippen LogP contribution >= 0.6 is 47.8 Å². The molecule has 14 heteroatoms. The Morgan fingerprint density at radius 2 is 0.697 bits per heavy atom. The van der Waals surface area contributed by atoms with E-state index < -0.39 is 0 Å². The number of unbranched alkanes of at least 4 members (excludes halogenated alkanes) is 3. The van der Waals surface area contributed by atoms with Gasteiger partial charge in [-0.3, -0.25) is 43.5 Å². The lowest BCUT2D eigenvalue weighted by molar-refractivity contribution is 0.0565. The number of halogens is 3. The number of amides is 6. The van der Waals surface area contributed by atoms with Crippen LogP contribution in [0.3, 0.4) is 0 Å². The molecule has 6 amide bonds. The molecule has 402 valence electrons. The largest absolute Gasteiger partial charge is 0.496 e. The molecular formula is C62H70Br3N3O8. The predicted octanol–water partition coefficient (Wildman–Crippen LogP) is 16.3. The summed E-state index contributed by atoms with van der Waals surface area (Å²) in [4.78, 5) is 82.6. The first-order chi connectivity index (χ1) is 36.6. The summed E-state index contributed by atoms with van der Waals surface area (Å²) in [5.74, 6) is 1.10. The van der Waals surface area contributed by atoms with Gasteiger partial charge in [-0.05, 0) is 109 Å². The Morgan fingerprint density at radius 3 is 1.04 bits per heavy atom. The van der Waals surface area contributed by atoms with E-state index in [9.17, 15) is 28.8 Å². The number of imide groups is 3. The third-order valence-corrected chi connectivity index (χ3v) is 17.4. The summed E-state index contributed by atoms with van der Waals surface area (Å²) >= 11 is 10.6. The first-order valence-corrected chi connectivity index (χ1v) is 29.4. The summed E-state index contributed by atoms with van der Waals surface area (Å²) < 4.78 is 13.6. The zero-order valence-corrected chi connectivity index (χ0v) is 49.8. The van der Waals surface area contributed by atoms with Crippen LogP contribution in [0.2, 0.25) is 0 Å². The van der Waals surface area contributed by atoms with Gasteiger partial charge in [0.15, 0.2) is 0 Å². The predicted molar refractivity (Wildman–Crippen MR) is 314 cm³/mol. The summed E-state index contributed by atoms with van der Waals surface area (Å²) in [6.45, 7) is 14.3. The molecule has 6 aromatic carbocycles. The highest BCUT2D eigenvalue weighted by Gasteiger charge is 2.38. The molecule has 3 unspecified atom stereocenters. The van der Waals surface area contributed by atoms with Gasteiger partial charge in [0.05, 0.1) is 19.6 Å². The molecular weight excluding hydrogens is 1150 g/mol. The van der Waals surface area contributed by atoms with Crippen molar-refractivity contribution < 1.29 is 38.2 Å². The van der Waals surface area contributed by atoms with Crippen molar-refractivity contribution in [2.24, 2.45) is 17.8 Å². The van der Waals surface area contributed by atoms with E-state index in [0.29, 0.717) is 93.0 Å². The number of nitrogens with zero attached hydrogens (tertiary/aromatic N) is 3. The molecule has 0 bridgehead atoms. The molecule has 9 rings (SSSR count). The summed E-state index contributed by atoms with van der Waals surface area (Å²) in [6.07, 6.45) is 12.8. The summed E-state index contributed by atoms with van der Waals surface area (Å²) in [6, 6.07) is 23.8. The first kappa shape index (κ1) is 58.2. The van der Waals surface area contributed by atoms with Gasteiger partial charge in [0.2, 0.25) is 0 Å². The van der Waals surface area contributed by atoms with Gasteiger partial charge in [0.1, 0.15) is 11.5 Å². The number of hydrogen-bond acceptors (Lipinski definition) is 8. The SMILES string of the molecule is CCCCC(CC)CN1C(=O)c2ccc(Br)c3c(Br)ccc(c23)C1=O.CCCCC(CC)CN1C(=O)c2ccc(OC)c3c(OC)ccc(c23)C1=O.CCCCC(CC)CN1C(=O)c2cccc3c(Br)ccc(c23)C1=O. The third-order valence-electron chi connectivity index (χ3n) is 15.4. The molecule has 0 fully saturated rings. The van der Waals surface area contributed by atoms with Gasteiger partial charge in [0, 0.05) is 88.0 Å². The van der Waals surface area contributed by atoms with Crippen molar-refractivity contribution in [3.63, 3.8) is 0 Å². The number of hydrogen-bond donors (Lipinski definition) is 0. The molecule has 0 radical (unpaired) electrons. The normalized spacial score (nSPS) is 15.0. The van der Waals surface area contributed by atoms with Gasteiger partial charge in [-0.1, -0.05) is 159 Å². The van der Waals surface area contributed by atoms with Gasteiger partial charge < -0.3 is 9.47 Å². The minimum Gasteiger partial charge on any atom is -0.496 e. The van der Waals surface area contributed by atoms with E-state index in [1.54, 1.807) is 38.5 Å². The number of rotatable bonds is 20. The minimum atomic E-state index is -0.233. The van der Waals surface area contributed by atoms with E-state index in [-0.39, 0.29) is 35.4 Å². The third kappa shape index (κ3) is 11.7. The van der Waals surface area contributed by atoms with E-state index in [1.807, 2.05) is 54.6 Å². The highest BCUT2D eigenvalue weighted by atomic mass is 79.9. The Hall–Kier alpha value is -5.44. The van der Waals surface area contributed by atoms with Crippen LogP contribution in [-0.2, 0) is 0 Å². The molecule has 3 aliphatic heterocycles. The number of ether oxygens (including phenoxy) is 2. The molecule has 6 aromatic rings. The van der Waals surface area contributed by atoms with Crippen LogP contribution in [0.4, 0.5) is 0 Å². The maximum atomic E-state index is 13.2. The summed E-state index contributed by atoms with van der Waals surface area (Å²) in [7, 11) is 3.14. The summed E-state index contributed by atoms with van der Waals surface area (Å²) in [5, 5.41) is 4.63. The second-order valence-electron chi connectivity index (χ2n) is 20.1. The van der Waals surface area contributed by atoms with Crippen molar-refractivity contribution in [1.29, 1.82) is 0 Å². The lowest BCUT2D eigenvalue weighted by atomic mass is 9.91. The minimum absolute atomic E-state index is 0.161. The van der Waals surface area contributed by atoms with Crippen molar-refractivity contribution in [1.82, 2.24) is 14.7 Å². The Bertz CT molecular complexity index is 3050. The Balaban J connectivity index is 0.000000166. The van der Waals surface area contributed by atoms with Crippen molar-refractivity contribution in [3.8, 4) is 11.5 Å². The molecule has 76 heavy (non-hydrogen) atoms. The van der Waals surface area contributed by atoms with Crippen LogP contribution in [0.25, 0.3) is 32.3 Å². The number of benzene rings is 6. The lowest BCUT2D eigenvalue weighted by Crippen LogP contribution is -2.43. The zero-order chi connectivity index (χ0) is 55.0. The Kier molecular flexibility index (Phi) is 20.1. The quantitative estimate of drug-likeness (QED) is 0.0691. The zero-order valence-electron chi connectivity index (χ0n) is 45.1. The number of methoxy groups -OCH3 is 2. The molecule has 3 aliphatic rings. The fraction of sp³-hybridized carbons (Fsp3) is 0.419. The van der Waals surface area contributed by atoms with Gasteiger partial charge >= 0.3 is 0 Å². The molecule has 0 aliphatic carbocycles. The van der Waals surface area contributed by atoms with E-state index in [0.717, 1.165) is 112 Å². The van der Waals surface area contributed by atoms with Crippen LogP contribution in [0, 0.1) is 17.8 Å². The van der Waals surface area contributed by atoms with E-state index >= 15 is 0 Å². The Morgan fingerprint density at radius 1 is 0.382 bits per heavy atom. The summed E-state index contributed by atoms with van der Waals surface area (Å²) in [5.41, 5.74) is 3.55. The fourth-order valence-corrected chi connectivity index (χ4v) is 12.6. The monoisotopic (exact) mass is 1220 g/mol. The molecule has 3 heterocycles. The van der Waals surface area contributed by atoms with Gasteiger partial charge in [-0.25, -0.2) is 0 Å². The fourth-order valence-electron chi connectivity index (χ4n) is 10.8. The number of carbonyl (C=O) groups excluding carboxylic acids is 6. The second kappa shape index (κ2) is 26.3. The Labute approximate surface area is 472 Å². The van der Waals surface area contributed by atoms with Crippen LogP contribution in [-0.4, -0.2) is 84.0 Å². The van der Waals surface area contributed by atoms with Gasteiger partial charge in [-0.2, -0.15) is 0 Å². The molecule has 11 nitrogen and oxygen atoms in total. The van der Waals surface area contributed by atoms with Crippen LogP contribution in [0.15, 0.2) is 92.3 Å². The maximum absolute atomic E-state index is 13.2. The average molecular weight is 1220 g/mol. The van der Waals surface area contributed by atoms with Gasteiger partial charge in [0.25, 0.3) is 35.4 Å². The standard InChI is InChI=1S/C22H27NO4.C20H21Br2NO2.C20H22BrNO2/c1-5-7-8-14(6-2)13-23-21(24)15-9-11-17(26-3)20-18(27-4)12-10-16(19(15)20)22(23)25;1-3-5-6-12(4-2)11-23-19(24)13-7-9-15(21)18-16(22)10-8-14(17(13)18)20(23)25;1-3-5-7-13(4-2)12-22-19(23)15-9-6-8-14-17(21)11-10-16(18(14)15)20(22)24/h9-12,14H,5-8,13H2,1-4H3;7-10,12H,3-6,11H2,1-2H3;6,8-11,13H,3-5,7,12H2,1-2H3. The smallest absolute Gasteiger partial charge is 0.261 e. The van der Waals surface area contributed by atoms with Crippen LogP contribution in [0.5, 0.6) is 11.5 Å². The molecule has 0 saturated heterocycles. The average Bonchev–Trinajstić information content (AvgIpc) is 3.47. The maximum Gasteiger partial charge on any atom is 0.261 e. The topological polar surface area (TPSA) is 131 Å². The highest BCUT2D eigenvalue weighted by molar-refractivity contribution is 9.11. The molecule has 0 spiro atoms. The van der Waals surface area contributed by atoms with Crippen molar-refractivity contribution in [3.05, 3.63) is 126 Å². The van der Waals surface area contributed by atoms with E-state index in [1.165, 1.54) is 14.7 Å². The molecule has 3 atom stereocenters. The lowest BCUT2D eigenvalue weighted by Gasteiger charge is -2.30. The molecule has 0 saturated carbocycles.